The van der Waals surface area contributed by atoms with Gasteiger partial charge in [-0.3, -0.25) is 24.6 Å². The largest absolute Gasteiger partial charge is 0.487 e. The fourth-order valence-corrected chi connectivity index (χ4v) is 4.73. The van der Waals surface area contributed by atoms with Gasteiger partial charge in [0.15, 0.2) is 5.75 Å². The minimum Gasteiger partial charge on any atom is -0.487 e. The molecular weight excluding hydrogens is 474 g/mol. The summed E-state index contributed by atoms with van der Waals surface area (Å²) in [5.74, 6) is 0.777. The van der Waals surface area contributed by atoms with Crippen LogP contribution < -0.4 is 25.6 Å². The van der Waals surface area contributed by atoms with E-state index in [9.17, 15) is 14.4 Å². The van der Waals surface area contributed by atoms with E-state index >= 15 is 0 Å². The number of nitrogens with one attached hydrogen (secondary N) is 1. The molecule has 37 heavy (non-hydrogen) atoms. The van der Waals surface area contributed by atoms with Crippen molar-refractivity contribution in [2.24, 2.45) is 11.7 Å². The highest BCUT2D eigenvalue weighted by molar-refractivity contribution is 5.85. The third-order valence-corrected chi connectivity index (χ3v) is 6.77. The number of imide groups is 1. The number of para-hydroxylation sites is 1. The van der Waals surface area contributed by atoms with Crippen LogP contribution in [0.5, 0.6) is 5.75 Å². The summed E-state index contributed by atoms with van der Waals surface area (Å²) in [7, 11) is 1.88. The highest BCUT2D eigenvalue weighted by Crippen LogP contribution is 2.42. The summed E-state index contributed by atoms with van der Waals surface area (Å²) >= 11 is 0. The van der Waals surface area contributed by atoms with E-state index in [0.29, 0.717) is 51.3 Å². The zero-order valence-electron chi connectivity index (χ0n) is 22.9. The molecule has 2 aliphatic heterocycles. The average molecular weight is 520 g/mol. The van der Waals surface area contributed by atoms with Crippen molar-refractivity contribution in [3.8, 4) is 5.75 Å². The van der Waals surface area contributed by atoms with Gasteiger partial charge in [-0.2, -0.15) is 0 Å². The van der Waals surface area contributed by atoms with Crippen LogP contribution in [-0.2, 0) is 19.1 Å². The molecule has 2 amide bonds. The zero-order valence-corrected chi connectivity index (χ0v) is 22.9. The number of anilines is 2. The van der Waals surface area contributed by atoms with Crippen molar-refractivity contribution < 1.29 is 23.9 Å². The Morgan fingerprint density at radius 1 is 1.24 bits per heavy atom. The lowest BCUT2D eigenvalue weighted by Gasteiger charge is -2.40. The molecule has 0 bridgehead atoms. The Morgan fingerprint density at radius 2 is 1.95 bits per heavy atom. The number of nitrogens with two attached hydrogens (primary N) is 1. The Balaban J connectivity index is 0.00000235. The third-order valence-electron chi connectivity index (χ3n) is 6.77. The lowest BCUT2D eigenvalue weighted by molar-refractivity contribution is -0.149. The van der Waals surface area contributed by atoms with E-state index in [4.69, 9.17) is 15.2 Å². The topological polar surface area (TPSA) is 117 Å². The van der Waals surface area contributed by atoms with Crippen LogP contribution in [0.3, 0.4) is 0 Å². The van der Waals surface area contributed by atoms with E-state index in [1.54, 1.807) is 0 Å². The van der Waals surface area contributed by atoms with Crippen molar-refractivity contribution >= 4 is 29.7 Å². The van der Waals surface area contributed by atoms with Gasteiger partial charge in [0.2, 0.25) is 12.3 Å². The SMILES string of the molecule is CC.CC(CCC(=O)NC=O)N1CCOc2c(N3CCC(CC(=O)OCN(C)CCN)CC3)cccc21. The van der Waals surface area contributed by atoms with Gasteiger partial charge in [-0.05, 0) is 51.3 Å². The van der Waals surface area contributed by atoms with Gasteiger partial charge in [-0.15, -0.1) is 0 Å². The van der Waals surface area contributed by atoms with Crippen molar-refractivity contribution in [3.05, 3.63) is 18.2 Å². The van der Waals surface area contributed by atoms with Crippen LogP contribution in [0.25, 0.3) is 0 Å². The molecule has 2 aliphatic rings. The van der Waals surface area contributed by atoms with E-state index in [1.165, 1.54) is 0 Å². The minimum absolute atomic E-state index is 0.131. The first-order chi connectivity index (χ1) is 17.9. The fraction of sp³-hybridized carbons (Fsp3) is 0.667. The van der Waals surface area contributed by atoms with Gasteiger partial charge in [0, 0.05) is 45.1 Å². The number of benzene rings is 1. The smallest absolute Gasteiger partial charge is 0.307 e. The summed E-state index contributed by atoms with van der Waals surface area (Å²) in [6, 6.07) is 6.32. The molecule has 1 fully saturated rings. The van der Waals surface area contributed by atoms with Gasteiger partial charge in [-0.1, -0.05) is 19.9 Å². The molecule has 0 aromatic heterocycles. The lowest BCUT2D eigenvalue weighted by atomic mass is 9.93. The van der Waals surface area contributed by atoms with E-state index in [-0.39, 0.29) is 24.6 Å². The van der Waals surface area contributed by atoms with Crippen LogP contribution in [0.2, 0.25) is 0 Å². The molecule has 1 saturated heterocycles. The molecule has 0 aliphatic carbocycles. The summed E-state index contributed by atoms with van der Waals surface area (Å²) in [6.45, 7) is 10.6. The molecule has 0 radical (unpaired) electrons. The molecule has 2 heterocycles. The number of piperidine rings is 1. The maximum atomic E-state index is 12.2. The highest BCUT2D eigenvalue weighted by Gasteiger charge is 2.29. The number of rotatable bonds is 12. The maximum Gasteiger partial charge on any atom is 0.307 e. The predicted molar refractivity (Wildman–Crippen MR) is 146 cm³/mol. The first kappa shape index (κ1) is 30.4. The van der Waals surface area contributed by atoms with Gasteiger partial charge in [-0.25, -0.2) is 0 Å². The summed E-state index contributed by atoms with van der Waals surface area (Å²) in [5.41, 5.74) is 7.63. The monoisotopic (exact) mass is 519 g/mol. The summed E-state index contributed by atoms with van der Waals surface area (Å²) in [5, 5.41) is 2.20. The number of hydrogen-bond donors (Lipinski definition) is 2. The molecule has 10 heteroatoms. The summed E-state index contributed by atoms with van der Waals surface area (Å²) in [6.07, 6.45) is 3.65. The molecule has 1 unspecified atom stereocenters. The molecule has 1 aromatic rings. The second-order valence-corrected chi connectivity index (χ2v) is 9.39. The molecule has 0 saturated carbocycles. The van der Waals surface area contributed by atoms with Crippen LogP contribution >= 0.6 is 0 Å². The van der Waals surface area contributed by atoms with Crippen LogP contribution in [-0.4, -0.2) is 82.3 Å². The van der Waals surface area contributed by atoms with Gasteiger partial charge in [0.1, 0.15) is 13.3 Å². The van der Waals surface area contributed by atoms with Gasteiger partial charge in [0.25, 0.3) is 0 Å². The van der Waals surface area contributed by atoms with E-state index in [0.717, 1.165) is 49.6 Å². The number of esters is 1. The second-order valence-electron chi connectivity index (χ2n) is 9.39. The molecule has 3 N–H and O–H groups in total. The quantitative estimate of drug-likeness (QED) is 0.244. The molecule has 10 nitrogen and oxygen atoms in total. The number of carbonyl (C=O) groups is 3. The minimum atomic E-state index is -0.261. The number of ether oxygens (including phenoxy) is 2. The van der Waals surface area contributed by atoms with Gasteiger partial charge >= 0.3 is 5.97 Å². The predicted octanol–water partition coefficient (Wildman–Crippen LogP) is 2.35. The first-order valence-corrected chi connectivity index (χ1v) is 13.5. The number of fused-ring (bicyclic) bond motifs is 1. The number of hydrogen-bond acceptors (Lipinski definition) is 9. The zero-order chi connectivity index (χ0) is 27.2. The third kappa shape index (κ3) is 9.19. The van der Waals surface area contributed by atoms with Crippen molar-refractivity contribution in [1.82, 2.24) is 10.2 Å². The standard InChI is InChI=1S/C25H39N5O5.C2H6/c1-19(6-7-23(32)27-17-31)30-14-15-34-25-21(4-3-5-22(25)30)29-11-8-20(9-12-29)16-24(33)35-18-28(2)13-10-26;1-2/h3-5,17,19-20H,6-16,18,26H2,1-2H3,(H,27,31,32);1-2H3. The molecular formula is C27H45N5O5. The van der Waals surface area contributed by atoms with E-state index < -0.39 is 0 Å². The Labute approximate surface area is 221 Å². The number of likely N-dealkylation sites (N-methyl/N-ethyl adjacent to an activating group) is 1. The van der Waals surface area contributed by atoms with Crippen molar-refractivity contribution in [2.45, 2.75) is 58.9 Å². The first-order valence-electron chi connectivity index (χ1n) is 13.5. The average Bonchev–Trinajstić information content (AvgIpc) is 2.92. The van der Waals surface area contributed by atoms with Crippen LogP contribution in [0.4, 0.5) is 11.4 Å². The summed E-state index contributed by atoms with van der Waals surface area (Å²) in [4.78, 5) is 40.9. The Morgan fingerprint density at radius 3 is 2.62 bits per heavy atom. The molecule has 208 valence electrons. The molecule has 3 rings (SSSR count). The van der Waals surface area contributed by atoms with E-state index in [1.807, 2.05) is 31.9 Å². The fourth-order valence-electron chi connectivity index (χ4n) is 4.73. The lowest BCUT2D eigenvalue weighted by Crippen LogP contribution is -2.41. The Bertz CT molecular complexity index is 860. The Hall–Kier alpha value is -2.85. The molecule has 0 spiro atoms. The van der Waals surface area contributed by atoms with Crippen molar-refractivity contribution in [3.63, 3.8) is 0 Å². The number of nitrogens with zero attached hydrogens (tertiary/aromatic N) is 3. The van der Waals surface area contributed by atoms with Gasteiger partial charge in [0.05, 0.1) is 17.9 Å². The van der Waals surface area contributed by atoms with Crippen LogP contribution in [0, 0.1) is 5.92 Å². The second kappa shape index (κ2) is 16.1. The Kier molecular flexibility index (Phi) is 13.2. The molecule has 1 atom stereocenters. The van der Waals surface area contributed by atoms with Crippen LogP contribution in [0.1, 0.15) is 52.9 Å². The number of amides is 2. The highest BCUT2D eigenvalue weighted by atomic mass is 16.5. The van der Waals surface area contributed by atoms with E-state index in [2.05, 4.69) is 34.2 Å². The maximum absolute atomic E-state index is 12.2. The van der Waals surface area contributed by atoms with Crippen LogP contribution in [0.15, 0.2) is 18.2 Å². The normalized spacial score (nSPS) is 16.2. The molecule has 1 aromatic carbocycles. The van der Waals surface area contributed by atoms with Gasteiger partial charge < -0.3 is 25.0 Å². The van der Waals surface area contributed by atoms with Crippen molar-refractivity contribution in [1.29, 1.82) is 0 Å². The summed E-state index contributed by atoms with van der Waals surface area (Å²) < 4.78 is 11.5. The van der Waals surface area contributed by atoms with Crippen molar-refractivity contribution in [2.75, 3.05) is 62.9 Å². The number of carbonyl (C=O) groups excluding carboxylic acids is 3.